The molecule has 25 heavy (non-hydrogen) atoms. The van der Waals surface area contributed by atoms with Crippen LogP contribution >= 0.6 is 15.9 Å². The van der Waals surface area contributed by atoms with Crippen LogP contribution in [0, 0.1) is 12.8 Å². The van der Waals surface area contributed by atoms with Crippen molar-refractivity contribution in [2.75, 3.05) is 11.9 Å². The summed E-state index contributed by atoms with van der Waals surface area (Å²) in [6, 6.07) is 0. The zero-order valence-corrected chi connectivity index (χ0v) is 16.4. The number of nitrogens with zero attached hydrogens (tertiary/aromatic N) is 4. The minimum atomic E-state index is -0.297. The summed E-state index contributed by atoms with van der Waals surface area (Å²) in [6.45, 7) is 9.01. The minimum absolute atomic E-state index is 0.0573. The molecular weight excluding hydrogens is 388 g/mol. The van der Waals surface area contributed by atoms with E-state index in [1.54, 1.807) is 21.8 Å². The molecule has 136 valence electrons. The molecule has 0 bridgehead atoms. The van der Waals surface area contributed by atoms with E-state index in [2.05, 4.69) is 36.8 Å². The van der Waals surface area contributed by atoms with Crippen LogP contribution in [0.4, 0.5) is 5.69 Å². The van der Waals surface area contributed by atoms with Gasteiger partial charge in [-0.25, -0.2) is 0 Å². The summed E-state index contributed by atoms with van der Waals surface area (Å²) >= 11 is 3.36. The number of aryl methyl sites for hydroxylation is 1. The van der Waals surface area contributed by atoms with Crippen LogP contribution in [0.15, 0.2) is 16.9 Å². The quantitative estimate of drug-likeness (QED) is 0.731. The summed E-state index contributed by atoms with van der Waals surface area (Å²) in [5, 5.41) is 14.0. The Morgan fingerprint density at radius 3 is 2.64 bits per heavy atom. The van der Waals surface area contributed by atoms with Crippen molar-refractivity contribution >= 4 is 33.4 Å². The van der Waals surface area contributed by atoms with E-state index in [9.17, 15) is 9.59 Å². The van der Waals surface area contributed by atoms with Crippen molar-refractivity contribution in [1.29, 1.82) is 0 Å². The number of amides is 2. The lowest BCUT2D eigenvalue weighted by Crippen LogP contribution is -2.29. The molecule has 2 aromatic heterocycles. The Kier molecular flexibility index (Phi) is 6.35. The highest BCUT2D eigenvalue weighted by Crippen LogP contribution is 2.16. The number of aromatic nitrogens is 4. The van der Waals surface area contributed by atoms with E-state index >= 15 is 0 Å². The number of halogens is 1. The smallest absolute Gasteiger partial charge is 0.273 e. The van der Waals surface area contributed by atoms with Crippen molar-refractivity contribution in [2.45, 2.75) is 40.8 Å². The van der Waals surface area contributed by atoms with Gasteiger partial charge in [0.15, 0.2) is 5.69 Å². The molecule has 0 atom stereocenters. The molecule has 0 saturated carbocycles. The Labute approximate surface area is 155 Å². The number of anilines is 1. The van der Waals surface area contributed by atoms with Gasteiger partial charge >= 0.3 is 0 Å². The summed E-state index contributed by atoms with van der Waals surface area (Å²) in [7, 11) is 0. The first-order valence-electron chi connectivity index (χ1n) is 8.15. The molecule has 0 aliphatic carbocycles. The zero-order chi connectivity index (χ0) is 18.6. The summed E-state index contributed by atoms with van der Waals surface area (Å²) in [6.07, 6.45) is 3.30. The van der Waals surface area contributed by atoms with Gasteiger partial charge in [0.2, 0.25) is 5.91 Å². The Hall–Kier alpha value is -2.16. The van der Waals surface area contributed by atoms with Crippen LogP contribution in [0.1, 0.15) is 37.0 Å². The van der Waals surface area contributed by atoms with Crippen molar-refractivity contribution in [2.24, 2.45) is 5.92 Å². The van der Waals surface area contributed by atoms with Crippen molar-refractivity contribution in [3.8, 4) is 0 Å². The highest BCUT2D eigenvalue weighted by atomic mass is 79.9. The number of carbonyl (C=O) groups is 2. The summed E-state index contributed by atoms with van der Waals surface area (Å²) < 4.78 is 4.05. The predicted molar refractivity (Wildman–Crippen MR) is 98.4 cm³/mol. The average molecular weight is 411 g/mol. The monoisotopic (exact) mass is 410 g/mol. The molecule has 8 nitrogen and oxygen atoms in total. The first kappa shape index (κ1) is 19.2. The molecule has 0 saturated heterocycles. The van der Waals surface area contributed by atoms with Gasteiger partial charge in [0.1, 0.15) is 6.54 Å². The third-order valence-corrected chi connectivity index (χ3v) is 4.36. The van der Waals surface area contributed by atoms with Crippen LogP contribution in [0.2, 0.25) is 0 Å². The van der Waals surface area contributed by atoms with Crippen LogP contribution in [-0.2, 0) is 17.9 Å². The molecule has 0 aromatic carbocycles. The molecule has 2 N–H and O–H groups in total. The number of nitrogens with one attached hydrogen (secondary N) is 2. The highest BCUT2D eigenvalue weighted by Gasteiger charge is 2.19. The van der Waals surface area contributed by atoms with Gasteiger partial charge in [-0.2, -0.15) is 10.2 Å². The normalized spacial score (nSPS) is 11.0. The van der Waals surface area contributed by atoms with Crippen LogP contribution in [0.3, 0.4) is 0 Å². The fraction of sp³-hybridized carbons (Fsp3) is 0.500. The van der Waals surface area contributed by atoms with Crippen LogP contribution in [0.25, 0.3) is 0 Å². The van der Waals surface area contributed by atoms with Gasteiger partial charge in [0, 0.05) is 19.3 Å². The van der Waals surface area contributed by atoms with Crippen LogP contribution in [-0.4, -0.2) is 37.9 Å². The van der Waals surface area contributed by atoms with Crippen molar-refractivity contribution in [3.05, 3.63) is 28.3 Å². The molecule has 0 radical (unpaired) electrons. The maximum atomic E-state index is 12.3. The topological polar surface area (TPSA) is 93.8 Å². The van der Waals surface area contributed by atoms with Crippen LogP contribution < -0.4 is 10.6 Å². The third kappa shape index (κ3) is 4.91. The molecule has 0 aliphatic rings. The van der Waals surface area contributed by atoms with Gasteiger partial charge in [-0.05, 0) is 35.7 Å². The first-order chi connectivity index (χ1) is 11.8. The fourth-order valence-electron chi connectivity index (χ4n) is 2.13. The Morgan fingerprint density at radius 2 is 2.08 bits per heavy atom. The number of carbonyl (C=O) groups excluding carboxylic acids is 2. The zero-order valence-electron chi connectivity index (χ0n) is 14.8. The van der Waals surface area contributed by atoms with Gasteiger partial charge in [-0.15, -0.1) is 0 Å². The molecule has 0 fully saturated rings. The van der Waals surface area contributed by atoms with Crippen molar-refractivity contribution in [3.63, 3.8) is 0 Å². The third-order valence-electron chi connectivity index (χ3n) is 3.58. The second-order valence-electron chi connectivity index (χ2n) is 6.13. The van der Waals surface area contributed by atoms with E-state index in [4.69, 9.17) is 0 Å². The molecule has 2 heterocycles. The lowest BCUT2D eigenvalue weighted by Gasteiger charge is -2.08. The molecule has 2 amide bonds. The Balaban J connectivity index is 2.12. The minimum Gasteiger partial charge on any atom is -0.350 e. The standard InChI is InChI=1S/C16H23BrN6O2/c1-5-22-8-13(15(21-22)16(25)18-6-10(2)3)20-14(24)9-23-11(4)12(17)7-19-23/h7-8,10H,5-6,9H2,1-4H3,(H,18,25)(H,20,24). The summed E-state index contributed by atoms with van der Waals surface area (Å²) in [5.74, 6) is -0.238. The van der Waals surface area contributed by atoms with E-state index in [1.165, 1.54) is 0 Å². The van der Waals surface area contributed by atoms with E-state index in [0.717, 1.165) is 10.2 Å². The number of hydrogen-bond acceptors (Lipinski definition) is 4. The van der Waals surface area contributed by atoms with E-state index in [0.29, 0.717) is 24.7 Å². The Morgan fingerprint density at radius 1 is 1.36 bits per heavy atom. The largest absolute Gasteiger partial charge is 0.350 e. The molecule has 2 rings (SSSR count). The Bertz CT molecular complexity index is 765. The lowest BCUT2D eigenvalue weighted by molar-refractivity contribution is -0.116. The molecule has 9 heteroatoms. The lowest BCUT2D eigenvalue weighted by atomic mass is 10.2. The summed E-state index contributed by atoms with van der Waals surface area (Å²) in [5.41, 5.74) is 1.47. The van der Waals surface area contributed by atoms with Gasteiger partial charge < -0.3 is 10.6 Å². The van der Waals surface area contributed by atoms with Gasteiger partial charge in [0.25, 0.3) is 5.91 Å². The summed E-state index contributed by atoms with van der Waals surface area (Å²) in [4.78, 5) is 24.7. The fourth-order valence-corrected chi connectivity index (χ4v) is 2.43. The molecule has 2 aromatic rings. The van der Waals surface area contributed by atoms with Crippen molar-refractivity contribution in [1.82, 2.24) is 24.9 Å². The highest BCUT2D eigenvalue weighted by molar-refractivity contribution is 9.10. The first-order valence-corrected chi connectivity index (χ1v) is 8.94. The molecule has 0 unspecified atom stereocenters. The molecule has 0 spiro atoms. The average Bonchev–Trinajstić information content (AvgIpc) is 3.10. The number of rotatable bonds is 7. The molecule has 0 aliphatic heterocycles. The van der Waals surface area contributed by atoms with Crippen LogP contribution in [0.5, 0.6) is 0 Å². The van der Waals surface area contributed by atoms with Crippen molar-refractivity contribution < 1.29 is 9.59 Å². The number of hydrogen-bond donors (Lipinski definition) is 2. The van der Waals surface area contributed by atoms with E-state index in [1.807, 2.05) is 27.7 Å². The second-order valence-corrected chi connectivity index (χ2v) is 6.99. The predicted octanol–water partition coefficient (Wildman–Crippen LogP) is 2.19. The van der Waals surface area contributed by atoms with E-state index < -0.39 is 0 Å². The van der Waals surface area contributed by atoms with Gasteiger partial charge in [-0.1, -0.05) is 13.8 Å². The maximum absolute atomic E-state index is 12.3. The van der Waals surface area contributed by atoms with E-state index in [-0.39, 0.29) is 24.1 Å². The second kappa shape index (κ2) is 8.28. The van der Waals surface area contributed by atoms with Gasteiger partial charge in [-0.3, -0.25) is 19.0 Å². The molecular formula is C16H23BrN6O2. The SMILES string of the molecule is CCn1cc(NC(=O)Cn2ncc(Br)c2C)c(C(=O)NCC(C)C)n1. The maximum Gasteiger partial charge on any atom is 0.273 e. The van der Waals surface area contributed by atoms with Gasteiger partial charge in [0.05, 0.1) is 22.1 Å².